The van der Waals surface area contributed by atoms with Crippen molar-refractivity contribution in [1.29, 1.82) is 0 Å². The van der Waals surface area contributed by atoms with Gasteiger partial charge in [-0.1, -0.05) is 30.1 Å². The molecule has 0 spiro atoms. The molecule has 3 atom stereocenters. The van der Waals surface area contributed by atoms with Crippen molar-refractivity contribution in [2.24, 2.45) is 11.8 Å². The van der Waals surface area contributed by atoms with Gasteiger partial charge in [-0.3, -0.25) is 14.9 Å². The normalized spacial score (nSPS) is 28.4. The molecule has 1 saturated carbocycles. The number of benzene rings is 1. The number of carbonyl (C=O) groups excluding carboxylic acids is 2. The summed E-state index contributed by atoms with van der Waals surface area (Å²) in [5.41, 5.74) is 0.115. The third-order valence-corrected chi connectivity index (χ3v) is 6.63. The number of nitrogens with one attached hydrogen (secondary N) is 2. The number of carbonyl (C=O) groups is 2. The van der Waals surface area contributed by atoms with Crippen LogP contribution < -0.4 is 15.5 Å². The first-order valence-corrected chi connectivity index (χ1v) is 10.8. The lowest BCUT2D eigenvalue weighted by Gasteiger charge is -2.38. The molecular formula is C20H26Cl2N4O3. The van der Waals surface area contributed by atoms with Crippen LogP contribution in [0, 0.1) is 11.8 Å². The van der Waals surface area contributed by atoms with E-state index in [1.807, 2.05) is 24.0 Å². The zero-order valence-electron chi connectivity index (χ0n) is 16.3. The Kier molecular flexibility index (Phi) is 5.68. The number of hydrogen-bond acceptors (Lipinski definition) is 5. The van der Waals surface area contributed by atoms with E-state index in [9.17, 15) is 14.7 Å². The molecule has 0 aromatic heterocycles. The Morgan fingerprint density at radius 2 is 1.83 bits per heavy atom. The molecule has 3 unspecified atom stereocenters. The van der Waals surface area contributed by atoms with Crippen LogP contribution >= 0.6 is 23.2 Å². The van der Waals surface area contributed by atoms with Gasteiger partial charge in [0.05, 0.1) is 0 Å². The predicted octanol–water partition coefficient (Wildman–Crippen LogP) is 1.81. The standard InChI is InChI=1S/C20H26Cl2N4O3/c1-12(11-20(13-2-3-13)18(28)23-19(29)24-20)17(27)26-6-4-25(5-7-26)16-9-14(21)8-15(22)10-16/h8-10,12-13,19,24,29H,2-7,11H2,1H3,(H,23,28). The van der Waals surface area contributed by atoms with Crippen molar-refractivity contribution in [1.82, 2.24) is 15.5 Å². The summed E-state index contributed by atoms with van der Waals surface area (Å²) in [6.07, 6.45) is 1.23. The summed E-state index contributed by atoms with van der Waals surface area (Å²) >= 11 is 12.2. The minimum Gasteiger partial charge on any atom is -0.368 e. The molecule has 1 aliphatic carbocycles. The van der Waals surface area contributed by atoms with Gasteiger partial charge in [-0.05, 0) is 43.4 Å². The van der Waals surface area contributed by atoms with Crippen molar-refractivity contribution in [2.75, 3.05) is 31.1 Å². The first kappa shape index (κ1) is 20.7. The Hall–Kier alpha value is -1.54. The number of rotatable bonds is 5. The highest BCUT2D eigenvalue weighted by molar-refractivity contribution is 6.35. The van der Waals surface area contributed by atoms with Crippen molar-refractivity contribution < 1.29 is 14.7 Å². The third-order valence-electron chi connectivity index (χ3n) is 6.20. The smallest absolute Gasteiger partial charge is 0.243 e. The summed E-state index contributed by atoms with van der Waals surface area (Å²) in [4.78, 5) is 29.6. The molecule has 0 bridgehead atoms. The van der Waals surface area contributed by atoms with Gasteiger partial charge in [0, 0.05) is 47.8 Å². The minimum atomic E-state index is -1.04. The van der Waals surface area contributed by atoms with Gasteiger partial charge in [-0.15, -0.1) is 0 Å². The van der Waals surface area contributed by atoms with Gasteiger partial charge in [0.2, 0.25) is 11.8 Å². The molecule has 2 saturated heterocycles. The van der Waals surface area contributed by atoms with Gasteiger partial charge in [0.15, 0.2) is 6.35 Å². The quantitative estimate of drug-likeness (QED) is 0.649. The molecule has 4 rings (SSSR count). The molecule has 1 aromatic rings. The second-order valence-electron chi connectivity index (χ2n) is 8.31. The van der Waals surface area contributed by atoms with Crippen LogP contribution in [0.2, 0.25) is 10.0 Å². The lowest BCUT2D eigenvalue weighted by Crippen LogP contribution is -2.54. The van der Waals surface area contributed by atoms with Crippen molar-refractivity contribution in [3.8, 4) is 0 Å². The zero-order valence-corrected chi connectivity index (χ0v) is 17.8. The second kappa shape index (κ2) is 7.95. The van der Waals surface area contributed by atoms with E-state index in [0.29, 0.717) is 42.6 Å². The molecule has 2 aliphatic heterocycles. The first-order chi connectivity index (χ1) is 13.8. The number of halogens is 2. The molecule has 0 radical (unpaired) electrons. The van der Waals surface area contributed by atoms with E-state index < -0.39 is 11.9 Å². The number of piperazine rings is 1. The van der Waals surface area contributed by atoms with Crippen molar-refractivity contribution >= 4 is 40.7 Å². The first-order valence-electron chi connectivity index (χ1n) is 10.0. The molecule has 7 nitrogen and oxygen atoms in total. The van der Waals surface area contributed by atoms with E-state index in [1.54, 1.807) is 6.07 Å². The topological polar surface area (TPSA) is 84.9 Å². The van der Waals surface area contributed by atoms with E-state index in [2.05, 4.69) is 15.5 Å². The molecule has 2 heterocycles. The highest BCUT2D eigenvalue weighted by Crippen LogP contribution is 2.45. The summed E-state index contributed by atoms with van der Waals surface area (Å²) in [7, 11) is 0. The Bertz CT molecular complexity index is 791. The highest BCUT2D eigenvalue weighted by Gasteiger charge is 2.56. The molecule has 9 heteroatoms. The van der Waals surface area contributed by atoms with Crippen molar-refractivity contribution in [3.63, 3.8) is 0 Å². The largest absolute Gasteiger partial charge is 0.368 e. The predicted molar refractivity (Wildman–Crippen MR) is 112 cm³/mol. The fraction of sp³-hybridized carbons (Fsp3) is 0.600. The van der Waals surface area contributed by atoms with E-state index in [-0.39, 0.29) is 23.7 Å². The number of hydrogen-bond donors (Lipinski definition) is 3. The Labute approximate surface area is 180 Å². The van der Waals surface area contributed by atoms with Crippen LogP contribution in [0.25, 0.3) is 0 Å². The molecule has 3 fully saturated rings. The maximum Gasteiger partial charge on any atom is 0.243 e. The maximum atomic E-state index is 13.1. The van der Waals surface area contributed by atoms with Gasteiger partial charge in [0.25, 0.3) is 0 Å². The van der Waals surface area contributed by atoms with Crippen LogP contribution in [0.3, 0.4) is 0 Å². The number of aliphatic hydroxyl groups is 1. The Balaban J connectivity index is 1.37. The SMILES string of the molecule is CC(CC1(C2CC2)NC(O)NC1=O)C(=O)N1CCN(c2cc(Cl)cc(Cl)c2)CC1. The molecule has 3 aliphatic rings. The van der Waals surface area contributed by atoms with Gasteiger partial charge in [0.1, 0.15) is 5.54 Å². The number of nitrogens with zero attached hydrogens (tertiary/aromatic N) is 2. The van der Waals surface area contributed by atoms with Crippen LogP contribution in [0.5, 0.6) is 0 Å². The highest BCUT2D eigenvalue weighted by atomic mass is 35.5. The van der Waals surface area contributed by atoms with Crippen LogP contribution in [0.15, 0.2) is 18.2 Å². The Morgan fingerprint density at radius 3 is 2.34 bits per heavy atom. The molecule has 29 heavy (non-hydrogen) atoms. The molecule has 1 aromatic carbocycles. The molecule has 158 valence electrons. The van der Waals surface area contributed by atoms with Crippen LogP contribution in [0.1, 0.15) is 26.2 Å². The average molecular weight is 441 g/mol. The van der Waals surface area contributed by atoms with Gasteiger partial charge in [-0.2, -0.15) is 0 Å². The van der Waals surface area contributed by atoms with Gasteiger partial charge >= 0.3 is 0 Å². The number of anilines is 1. The zero-order chi connectivity index (χ0) is 20.8. The van der Waals surface area contributed by atoms with Gasteiger partial charge < -0.3 is 20.2 Å². The molecular weight excluding hydrogens is 415 g/mol. The summed E-state index contributed by atoms with van der Waals surface area (Å²) in [6, 6.07) is 5.46. The van der Waals surface area contributed by atoms with E-state index in [0.717, 1.165) is 18.5 Å². The van der Waals surface area contributed by atoms with E-state index in [4.69, 9.17) is 23.2 Å². The third kappa shape index (κ3) is 4.19. The lowest BCUT2D eigenvalue weighted by atomic mass is 9.83. The minimum absolute atomic E-state index is 0.0461. The average Bonchev–Trinajstić information content (AvgIpc) is 3.47. The van der Waals surface area contributed by atoms with E-state index in [1.165, 1.54) is 0 Å². The fourth-order valence-electron chi connectivity index (χ4n) is 4.59. The fourth-order valence-corrected chi connectivity index (χ4v) is 5.10. The van der Waals surface area contributed by atoms with Crippen LogP contribution in [0.4, 0.5) is 5.69 Å². The van der Waals surface area contributed by atoms with Crippen LogP contribution in [-0.2, 0) is 9.59 Å². The molecule has 3 N–H and O–H groups in total. The van der Waals surface area contributed by atoms with Gasteiger partial charge in [-0.25, -0.2) is 0 Å². The summed E-state index contributed by atoms with van der Waals surface area (Å²) in [5.74, 6) is -0.287. The summed E-state index contributed by atoms with van der Waals surface area (Å²) < 4.78 is 0. The summed E-state index contributed by atoms with van der Waals surface area (Å²) in [6.45, 7) is 4.47. The molecule has 2 amide bonds. The number of amides is 2. The maximum absolute atomic E-state index is 13.1. The summed E-state index contributed by atoms with van der Waals surface area (Å²) in [5, 5.41) is 16.5. The number of aliphatic hydroxyl groups excluding tert-OH is 1. The Morgan fingerprint density at radius 1 is 1.21 bits per heavy atom. The lowest BCUT2D eigenvalue weighted by molar-refractivity contribution is -0.137. The van der Waals surface area contributed by atoms with E-state index >= 15 is 0 Å². The van der Waals surface area contributed by atoms with Crippen molar-refractivity contribution in [2.45, 2.75) is 38.1 Å². The second-order valence-corrected chi connectivity index (χ2v) is 9.18. The van der Waals surface area contributed by atoms with Crippen molar-refractivity contribution in [3.05, 3.63) is 28.2 Å². The van der Waals surface area contributed by atoms with Crippen LogP contribution in [-0.4, -0.2) is 59.9 Å². The monoisotopic (exact) mass is 440 g/mol.